The monoisotopic (exact) mass is 410 g/mol. The number of benzene rings is 4. The van der Waals surface area contributed by atoms with Gasteiger partial charge in [0.2, 0.25) is 0 Å². The van der Waals surface area contributed by atoms with E-state index in [0.717, 1.165) is 22.9 Å². The number of nitrogens with zero attached hydrogens (tertiary/aromatic N) is 1. The minimum Gasteiger partial charge on any atom is -0.506 e. The van der Waals surface area contributed by atoms with Gasteiger partial charge in [-0.3, -0.25) is 10.1 Å². The van der Waals surface area contributed by atoms with E-state index in [9.17, 15) is 23.6 Å². The Labute approximate surface area is 165 Å². The molecular formula is C20H14N2O6S. The van der Waals surface area contributed by atoms with Gasteiger partial charge < -0.3 is 15.0 Å². The fourth-order valence-corrected chi connectivity index (χ4v) is 4.24. The molecule has 0 saturated heterocycles. The third-order valence-electron chi connectivity index (χ3n) is 4.51. The van der Waals surface area contributed by atoms with Crippen LogP contribution in [0, 0.1) is 10.1 Å². The first kappa shape index (κ1) is 18.5. The van der Waals surface area contributed by atoms with E-state index >= 15 is 0 Å². The van der Waals surface area contributed by atoms with Crippen LogP contribution in [0.3, 0.4) is 0 Å². The van der Waals surface area contributed by atoms with Crippen LogP contribution in [0.1, 0.15) is 0 Å². The molecule has 4 aromatic carbocycles. The van der Waals surface area contributed by atoms with E-state index in [1.165, 1.54) is 18.2 Å². The van der Waals surface area contributed by atoms with E-state index in [1.54, 1.807) is 12.1 Å². The summed E-state index contributed by atoms with van der Waals surface area (Å²) in [5.41, 5.74) is 5.42. The summed E-state index contributed by atoms with van der Waals surface area (Å²) in [4.78, 5) is 10.0. The molecule has 9 heteroatoms. The van der Waals surface area contributed by atoms with Gasteiger partial charge in [-0.15, -0.1) is 0 Å². The van der Waals surface area contributed by atoms with Gasteiger partial charge in [0, 0.05) is 29.0 Å². The summed E-state index contributed by atoms with van der Waals surface area (Å²) in [6, 6.07) is 16.6. The minimum atomic E-state index is -4.43. The number of nitrogen functional groups attached to an aromatic ring is 1. The van der Waals surface area contributed by atoms with Gasteiger partial charge in [0.15, 0.2) is 0 Å². The second-order valence-electron chi connectivity index (χ2n) is 6.34. The molecule has 0 radical (unpaired) electrons. The molecule has 0 heterocycles. The number of nitrogens with two attached hydrogens (primary N) is 1. The molecule has 0 aliphatic heterocycles. The highest BCUT2D eigenvalue weighted by Gasteiger charge is 2.24. The molecule has 0 aromatic heterocycles. The first-order valence-corrected chi connectivity index (χ1v) is 9.80. The van der Waals surface area contributed by atoms with E-state index in [-0.39, 0.29) is 27.9 Å². The second kappa shape index (κ2) is 6.64. The number of hydrogen-bond acceptors (Lipinski definition) is 7. The van der Waals surface area contributed by atoms with Crippen LogP contribution in [0.4, 0.5) is 11.4 Å². The van der Waals surface area contributed by atoms with Crippen LogP contribution in [-0.4, -0.2) is 18.4 Å². The lowest BCUT2D eigenvalue weighted by Crippen LogP contribution is -2.11. The van der Waals surface area contributed by atoms with E-state index in [0.29, 0.717) is 0 Å². The van der Waals surface area contributed by atoms with Crippen LogP contribution in [0.2, 0.25) is 0 Å². The van der Waals surface area contributed by atoms with E-state index < -0.39 is 25.7 Å². The number of phenols is 1. The zero-order valence-electron chi connectivity index (χ0n) is 14.8. The molecule has 4 aromatic rings. The summed E-state index contributed by atoms with van der Waals surface area (Å²) in [5.74, 6) is -0.398. The molecule has 0 unspecified atom stereocenters. The maximum atomic E-state index is 13.0. The Morgan fingerprint density at radius 3 is 2.38 bits per heavy atom. The lowest BCUT2D eigenvalue weighted by Gasteiger charge is -2.12. The Bertz CT molecular complexity index is 1400. The van der Waals surface area contributed by atoms with E-state index in [4.69, 9.17) is 9.92 Å². The van der Waals surface area contributed by atoms with Crippen molar-refractivity contribution in [2.75, 3.05) is 5.73 Å². The zero-order valence-corrected chi connectivity index (χ0v) is 15.6. The standard InChI is InChI=1S/C20H14N2O6S/c21-20-16-8-6-14(22(24)25)10-17(16)19(11-18(20)23)29(26,27)28-15-7-5-12-3-1-2-4-13(12)9-15/h1-11,23H,21H2. The number of aromatic hydroxyl groups is 1. The number of nitro groups is 1. The Morgan fingerprint density at radius 1 is 0.931 bits per heavy atom. The van der Waals surface area contributed by atoms with Gasteiger partial charge in [-0.25, -0.2) is 0 Å². The average Bonchev–Trinajstić information content (AvgIpc) is 2.69. The summed E-state index contributed by atoms with van der Waals surface area (Å²) in [6.07, 6.45) is 0. The zero-order chi connectivity index (χ0) is 20.8. The quantitative estimate of drug-likeness (QED) is 0.171. The van der Waals surface area contributed by atoms with Gasteiger partial charge in [0.05, 0.1) is 10.6 Å². The highest BCUT2D eigenvalue weighted by atomic mass is 32.2. The highest BCUT2D eigenvalue weighted by molar-refractivity contribution is 7.87. The SMILES string of the molecule is Nc1c(O)cc(S(=O)(=O)Oc2ccc3ccccc3c2)c2cc([N+](=O)[O-])ccc12. The summed E-state index contributed by atoms with van der Waals surface area (Å²) >= 11 is 0. The van der Waals surface area contributed by atoms with Crippen molar-refractivity contribution in [1.82, 2.24) is 0 Å². The van der Waals surface area contributed by atoms with E-state index in [1.807, 2.05) is 24.3 Å². The molecule has 4 rings (SSSR count). The summed E-state index contributed by atoms with van der Waals surface area (Å²) in [7, 11) is -4.43. The Hall–Kier alpha value is -3.85. The van der Waals surface area contributed by atoms with Gasteiger partial charge in [0.25, 0.3) is 5.69 Å². The lowest BCUT2D eigenvalue weighted by atomic mass is 10.1. The van der Waals surface area contributed by atoms with Crippen LogP contribution < -0.4 is 9.92 Å². The van der Waals surface area contributed by atoms with Crippen LogP contribution in [0.15, 0.2) is 71.6 Å². The largest absolute Gasteiger partial charge is 0.506 e. The highest BCUT2D eigenvalue weighted by Crippen LogP contribution is 2.38. The van der Waals surface area contributed by atoms with Crippen molar-refractivity contribution in [3.8, 4) is 11.5 Å². The molecular weight excluding hydrogens is 396 g/mol. The number of non-ortho nitro benzene ring substituents is 1. The van der Waals surface area contributed by atoms with Gasteiger partial charge >= 0.3 is 10.1 Å². The molecule has 0 atom stereocenters. The van der Waals surface area contributed by atoms with Crippen LogP contribution in [0.25, 0.3) is 21.5 Å². The van der Waals surface area contributed by atoms with Gasteiger partial charge in [-0.2, -0.15) is 8.42 Å². The van der Waals surface area contributed by atoms with Crippen molar-refractivity contribution in [2.24, 2.45) is 0 Å². The van der Waals surface area contributed by atoms with Crippen molar-refractivity contribution in [3.05, 3.63) is 76.8 Å². The first-order chi connectivity index (χ1) is 13.8. The lowest BCUT2D eigenvalue weighted by molar-refractivity contribution is -0.384. The first-order valence-electron chi connectivity index (χ1n) is 8.39. The molecule has 0 spiro atoms. The maximum absolute atomic E-state index is 13.0. The number of fused-ring (bicyclic) bond motifs is 2. The van der Waals surface area contributed by atoms with Crippen molar-refractivity contribution >= 4 is 43.0 Å². The number of phenolic OH excluding ortho intramolecular Hbond substituents is 1. The Morgan fingerprint density at radius 2 is 1.66 bits per heavy atom. The summed E-state index contributed by atoms with van der Waals surface area (Å²) in [5, 5.41) is 23.0. The molecule has 0 fully saturated rings. The smallest absolute Gasteiger partial charge is 0.339 e. The molecule has 0 bridgehead atoms. The molecule has 0 aliphatic rings. The molecule has 3 N–H and O–H groups in total. The Balaban J connectivity index is 1.87. The number of rotatable bonds is 4. The predicted molar refractivity (Wildman–Crippen MR) is 108 cm³/mol. The average molecular weight is 410 g/mol. The van der Waals surface area contributed by atoms with Crippen molar-refractivity contribution in [3.63, 3.8) is 0 Å². The van der Waals surface area contributed by atoms with E-state index in [2.05, 4.69) is 0 Å². The topological polar surface area (TPSA) is 133 Å². The minimum absolute atomic E-state index is 0.0183. The molecule has 146 valence electrons. The normalized spacial score (nSPS) is 11.6. The predicted octanol–water partition coefficient (Wildman–Crippen LogP) is 3.96. The van der Waals surface area contributed by atoms with Gasteiger partial charge in [-0.05, 0) is 29.0 Å². The van der Waals surface area contributed by atoms with Gasteiger partial charge in [0.1, 0.15) is 16.4 Å². The number of hydrogen-bond donors (Lipinski definition) is 2. The third kappa shape index (κ3) is 3.27. The maximum Gasteiger partial charge on any atom is 0.339 e. The fraction of sp³-hybridized carbons (Fsp3) is 0. The number of anilines is 1. The van der Waals surface area contributed by atoms with Crippen molar-refractivity contribution in [1.29, 1.82) is 0 Å². The third-order valence-corrected chi connectivity index (χ3v) is 5.80. The second-order valence-corrected chi connectivity index (χ2v) is 7.86. The number of nitro benzene ring substituents is 1. The van der Waals surface area contributed by atoms with Crippen LogP contribution in [-0.2, 0) is 10.1 Å². The van der Waals surface area contributed by atoms with Crippen LogP contribution in [0.5, 0.6) is 11.5 Å². The molecule has 8 nitrogen and oxygen atoms in total. The molecule has 0 aliphatic carbocycles. The van der Waals surface area contributed by atoms with Crippen LogP contribution >= 0.6 is 0 Å². The molecule has 0 amide bonds. The summed E-state index contributed by atoms with van der Waals surface area (Å²) < 4.78 is 31.2. The van der Waals surface area contributed by atoms with Gasteiger partial charge in [-0.1, -0.05) is 30.3 Å². The van der Waals surface area contributed by atoms with Crippen molar-refractivity contribution in [2.45, 2.75) is 4.90 Å². The summed E-state index contributed by atoms with van der Waals surface area (Å²) in [6.45, 7) is 0. The molecule has 0 saturated carbocycles. The fourth-order valence-electron chi connectivity index (χ4n) is 3.10. The Kier molecular flexibility index (Phi) is 4.24. The van der Waals surface area contributed by atoms with Crippen molar-refractivity contribution < 1.29 is 22.6 Å². The molecule has 29 heavy (non-hydrogen) atoms.